The van der Waals surface area contributed by atoms with Gasteiger partial charge in [-0.1, -0.05) is 55.5 Å². The zero-order chi connectivity index (χ0) is 14.7. The summed E-state index contributed by atoms with van der Waals surface area (Å²) in [6, 6.07) is 0. The van der Waals surface area contributed by atoms with Gasteiger partial charge in [-0.3, -0.25) is 0 Å². The van der Waals surface area contributed by atoms with E-state index in [0.29, 0.717) is 5.92 Å². The molecule has 0 fully saturated rings. The molecule has 2 unspecified atom stereocenters. The summed E-state index contributed by atoms with van der Waals surface area (Å²) in [5.41, 5.74) is 0. The van der Waals surface area contributed by atoms with Gasteiger partial charge in [-0.15, -0.1) is 0 Å². The first-order chi connectivity index (χ1) is 10.2. The molecule has 3 rings (SSSR count). The molecule has 0 bridgehead atoms. The Kier molecular flexibility index (Phi) is 4.59. The van der Waals surface area contributed by atoms with Crippen LogP contribution in [-0.2, 0) is 0 Å². The van der Waals surface area contributed by atoms with E-state index in [1.807, 2.05) is 0 Å². The highest BCUT2D eigenvalue weighted by Crippen LogP contribution is 2.67. The largest absolute Gasteiger partial charge is 0.188 e. The van der Waals surface area contributed by atoms with Crippen LogP contribution in [0.15, 0.2) is 58.4 Å². The van der Waals surface area contributed by atoms with E-state index < -0.39 is 10.0 Å². The predicted molar refractivity (Wildman–Crippen MR) is 97.8 cm³/mol. The molecule has 1 heteroatoms. The van der Waals surface area contributed by atoms with Crippen LogP contribution in [0.3, 0.4) is 0 Å². The van der Waals surface area contributed by atoms with Gasteiger partial charge in [-0.25, -0.2) is 0 Å². The topological polar surface area (TPSA) is 0 Å². The number of rotatable bonds is 3. The van der Waals surface area contributed by atoms with Crippen molar-refractivity contribution >= 4 is 10.0 Å². The van der Waals surface area contributed by atoms with Crippen LogP contribution >= 0.6 is 10.0 Å². The summed E-state index contributed by atoms with van der Waals surface area (Å²) in [6.45, 7) is 2.42. The number of hydrogen-bond donors (Lipinski definition) is 0. The summed E-state index contributed by atoms with van der Waals surface area (Å²) in [5, 5.41) is 0.797. The van der Waals surface area contributed by atoms with E-state index in [1.54, 1.807) is 9.81 Å². The van der Waals surface area contributed by atoms with Crippen molar-refractivity contribution in [1.29, 1.82) is 0 Å². The second-order valence-corrected chi connectivity index (χ2v) is 10.1. The van der Waals surface area contributed by atoms with Crippen molar-refractivity contribution in [3.05, 3.63) is 58.4 Å². The van der Waals surface area contributed by atoms with E-state index in [4.69, 9.17) is 0 Å². The quantitative estimate of drug-likeness (QED) is 0.541. The lowest BCUT2D eigenvalue weighted by molar-refractivity contribution is 0.598. The Morgan fingerprint density at radius 1 is 0.857 bits per heavy atom. The molecule has 0 aromatic rings. The van der Waals surface area contributed by atoms with Crippen LogP contribution in [0.2, 0.25) is 0 Å². The van der Waals surface area contributed by atoms with Crippen LogP contribution in [0.25, 0.3) is 0 Å². The molecule has 114 valence electrons. The minimum Gasteiger partial charge on any atom is -0.188 e. The Bertz CT molecular complexity index is 498. The monoisotopic (exact) mass is 300 g/mol. The average Bonchev–Trinajstić information content (AvgIpc) is 2.56. The van der Waals surface area contributed by atoms with E-state index >= 15 is 0 Å². The molecule has 0 aromatic carbocycles. The zero-order valence-electron chi connectivity index (χ0n) is 13.4. The molecule has 0 saturated heterocycles. The Morgan fingerprint density at radius 3 is 1.95 bits per heavy atom. The van der Waals surface area contributed by atoms with Crippen LogP contribution in [0.1, 0.15) is 45.4 Å². The molecule has 3 aliphatic carbocycles. The van der Waals surface area contributed by atoms with Gasteiger partial charge in [0.2, 0.25) is 0 Å². The fourth-order valence-electron chi connectivity index (χ4n) is 3.92. The van der Waals surface area contributed by atoms with Gasteiger partial charge in [0, 0.05) is 5.25 Å². The van der Waals surface area contributed by atoms with E-state index in [1.165, 1.54) is 38.5 Å². The molecular formula is C20H28S. The Balaban J connectivity index is 2.03. The van der Waals surface area contributed by atoms with Crippen molar-refractivity contribution in [2.45, 2.75) is 50.7 Å². The van der Waals surface area contributed by atoms with Crippen LogP contribution in [-0.4, -0.2) is 11.5 Å². The molecule has 0 heterocycles. The normalized spacial score (nSPS) is 30.0. The van der Waals surface area contributed by atoms with Gasteiger partial charge in [-0.05, 0) is 60.5 Å². The molecule has 0 aliphatic heterocycles. The second kappa shape index (κ2) is 6.44. The molecule has 0 spiro atoms. The maximum Gasteiger partial charge on any atom is 0.00269 e. The summed E-state index contributed by atoms with van der Waals surface area (Å²) in [6.07, 6.45) is 29.6. The molecule has 0 nitrogen and oxygen atoms in total. The third kappa shape index (κ3) is 2.85. The van der Waals surface area contributed by atoms with Gasteiger partial charge in [0.05, 0.1) is 0 Å². The Morgan fingerprint density at radius 2 is 1.48 bits per heavy atom. The number of allylic oxidation sites excluding steroid dienone is 8. The molecule has 3 aliphatic rings. The van der Waals surface area contributed by atoms with Crippen LogP contribution in [0.5, 0.6) is 0 Å². The lowest BCUT2D eigenvalue weighted by Gasteiger charge is -2.49. The first kappa shape index (κ1) is 15.0. The van der Waals surface area contributed by atoms with Crippen molar-refractivity contribution in [1.82, 2.24) is 0 Å². The van der Waals surface area contributed by atoms with Gasteiger partial charge in [0.15, 0.2) is 0 Å². The molecule has 21 heavy (non-hydrogen) atoms. The van der Waals surface area contributed by atoms with Crippen molar-refractivity contribution in [3.63, 3.8) is 0 Å². The smallest absolute Gasteiger partial charge is 0.00269 e. The van der Waals surface area contributed by atoms with Crippen molar-refractivity contribution in [2.75, 3.05) is 6.26 Å². The minimum absolute atomic E-state index is 0.700. The molecular weight excluding hydrogens is 272 g/mol. The maximum atomic E-state index is 2.58. The summed E-state index contributed by atoms with van der Waals surface area (Å²) in [5.74, 6) is 0.700. The first-order valence-electron chi connectivity index (χ1n) is 8.40. The van der Waals surface area contributed by atoms with Gasteiger partial charge >= 0.3 is 0 Å². The second-order valence-electron chi connectivity index (χ2n) is 6.56. The van der Waals surface area contributed by atoms with Crippen molar-refractivity contribution in [3.8, 4) is 0 Å². The standard InChI is InChI=1S/C20H28S/c1-17-11-9-10-16-20(17)21(2,18-12-5-3-6-13-18)19-14-7-4-8-15-19/h5,7,9,11-15,17,20H,3-4,6,8,10,16H2,1-2H3. The molecule has 0 aromatic heterocycles. The fraction of sp³-hybridized carbons (Fsp3) is 0.500. The van der Waals surface area contributed by atoms with Crippen LogP contribution in [0, 0.1) is 5.92 Å². The van der Waals surface area contributed by atoms with E-state index in [2.05, 4.69) is 61.8 Å². The van der Waals surface area contributed by atoms with Gasteiger partial charge < -0.3 is 0 Å². The number of hydrogen-bond acceptors (Lipinski definition) is 0. The molecule has 0 N–H and O–H groups in total. The van der Waals surface area contributed by atoms with Gasteiger partial charge in [0.25, 0.3) is 0 Å². The predicted octanol–water partition coefficient (Wildman–Crippen LogP) is 6.24. The molecule has 0 saturated carbocycles. The van der Waals surface area contributed by atoms with Crippen molar-refractivity contribution < 1.29 is 0 Å². The van der Waals surface area contributed by atoms with Gasteiger partial charge in [0.1, 0.15) is 0 Å². The van der Waals surface area contributed by atoms with Crippen LogP contribution in [0.4, 0.5) is 0 Å². The molecule has 0 amide bonds. The summed E-state index contributed by atoms with van der Waals surface area (Å²) in [7, 11) is -0.896. The highest BCUT2D eigenvalue weighted by Gasteiger charge is 2.37. The van der Waals surface area contributed by atoms with Crippen LogP contribution < -0.4 is 0 Å². The lowest BCUT2D eigenvalue weighted by atomic mass is 9.97. The summed E-state index contributed by atoms with van der Waals surface area (Å²) in [4.78, 5) is 3.28. The zero-order valence-corrected chi connectivity index (χ0v) is 14.2. The highest BCUT2D eigenvalue weighted by molar-refractivity contribution is 8.40. The van der Waals surface area contributed by atoms with E-state index in [-0.39, 0.29) is 0 Å². The maximum absolute atomic E-state index is 2.58. The Labute approximate surface area is 131 Å². The van der Waals surface area contributed by atoms with E-state index in [9.17, 15) is 0 Å². The minimum atomic E-state index is -0.896. The third-order valence-corrected chi connectivity index (χ3v) is 9.59. The van der Waals surface area contributed by atoms with Crippen molar-refractivity contribution in [2.24, 2.45) is 5.92 Å². The third-order valence-electron chi connectivity index (χ3n) is 5.15. The average molecular weight is 301 g/mol. The van der Waals surface area contributed by atoms with Gasteiger partial charge in [-0.2, -0.15) is 10.0 Å². The summed E-state index contributed by atoms with van der Waals surface area (Å²) < 4.78 is 0. The SMILES string of the molecule is CC1C=CCCC1S(C)(C1=CCCC=C1)C1=CCCC=C1. The summed E-state index contributed by atoms with van der Waals surface area (Å²) >= 11 is 0. The highest BCUT2D eigenvalue weighted by atomic mass is 32.3. The molecule has 0 radical (unpaired) electrons. The van der Waals surface area contributed by atoms with E-state index in [0.717, 1.165) is 5.25 Å². The first-order valence-corrected chi connectivity index (χ1v) is 10.5. The fourth-order valence-corrected chi connectivity index (χ4v) is 8.13. The molecule has 2 atom stereocenters. The Hall–Kier alpha value is -0.950. The lowest BCUT2D eigenvalue weighted by Crippen LogP contribution is -2.28.